The Hall–Kier alpha value is -3.28. The van der Waals surface area contributed by atoms with Crippen molar-refractivity contribution in [2.24, 2.45) is 0 Å². The number of phenols is 1. The molecule has 2 aromatic rings. The molecule has 2 aromatic carbocycles. The predicted octanol–water partition coefficient (Wildman–Crippen LogP) is 4.90. The van der Waals surface area contributed by atoms with Gasteiger partial charge in [-0.05, 0) is 36.2 Å². The summed E-state index contributed by atoms with van der Waals surface area (Å²) in [7, 11) is 1.53. The van der Waals surface area contributed by atoms with E-state index in [1.165, 1.54) is 7.11 Å². The molecule has 0 bridgehead atoms. The Morgan fingerprint density at radius 1 is 1.11 bits per heavy atom. The second kappa shape index (κ2) is 13.9. The van der Waals surface area contributed by atoms with Crippen LogP contribution in [0.3, 0.4) is 0 Å². The standard InChI is InChI=1S/C10H12O2.C9H8O4.C2H6/c1-3-4-8-5-6-9(11)10(7-8)12-2;1-7(10)12-9(11)13-8-5-3-2-4-6-8;1-2/h3,5-7,11H,1,4H2,2H3;2-6H,1H3;1-2H3. The first-order valence-electron chi connectivity index (χ1n) is 8.38. The Morgan fingerprint density at radius 2 is 1.74 bits per heavy atom. The molecular weight excluding hydrogens is 348 g/mol. The first-order valence-corrected chi connectivity index (χ1v) is 8.38. The number of aromatic hydroxyl groups is 1. The molecule has 0 heterocycles. The highest BCUT2D eigenvalue weighted by molar-refractivity contribution is 5.81. The van der Waals surface area contributed by atoms with Gasteiger partial charge in [0.25, 0.3) is 0 Å². The lowest BCUT2D eigenvalue weighted by molar-refractivity contribution is -0.136. The highest BCUT2D eigenvalue weighted by Gasteiger charge is 2.07. The zero-order valence-electron chi connectivity index (χ0n) is 16.1. The van der Waals surface area contributed by atoms with Crippen LogP contribution in [0.5, 0.6) is 17.2 Å². The summed E-state index contributed by atoms with van der Waals surface area (Å²) in [5.74, 6) is 0.328. The Kier molecular flexibility index (Phi) is 12.3. The Labute approximate surface area is 160 Å². The molecule has 0 saturated heterocycles. The second-order valence-electron chi connectivity index (χ2n) is 4.76. The first kappa shape index (κ1) is 23.7. The van der Waals surface area contributed by atoms with Crippen molar-refractivity contribution in [3.63, 3.8) is 0 Å². The second-order valence-corrected chi connectivity index (χ2v) is 4.76. The quantitative estimate of drug-likeness (QED) is 0.355. The van der Waals surface area contributed by atoms with Crippen LogP contribution in [0.2, 0.25) is 0 Å². The molecule has 0 radical (unpaired) electrons. The van der Waals surface area contributed by atoms with Crippen LogP contribution >= 0.6 is 0 Å². The number of allylic oxidation sites excluding steroid dienone is 1. The van der Waals surface area contributed by atoms with Crippen molar-refractivity contribution >= 4 is 12.1 Å². The summed E-state index contributed by atoms with van der Waals surface area (Å²) in [6.07, 6.45) is 1.58. The molecule has 6 heteroatoms. The third kappa shape index (κ3) is 10.3. The molecule has 27 heavy (non-hydrogen) atoms. The van der Waals surface area contributed by atoms with Crippen LogP contribution in [0.15, 0.2) is 61.2 Å². The highest BCUT2D eigenvalue weighted by atomic mass is 16.7. The molecule has 1 N–H and O–H groups in total. The van der Waals surface area contributed by atoms with Gasteiger partial charge in [0.1, 0.15) is 5.75 Å². The van der Waals surface area contributed by atoms with Gasteiger partial charge in [0.15, 0.2) is 11.5 Å². The number of carbonyl (C=O) groups excluding carboxylic acids is 2. The summed E-state index contributed by atoms with van der Waals surface area (Å²) >= 11 is 0. The normalized spacial score (nSPS) is 8.74. The number of esters is 1. The zero-order valence-corrected chi connectivity index (χ0v) is 16.1. The number of para-hydroxylation sites is 1. The molecule has 0 aliphatic carbocycles. The van der Waals surface area contributed by atoms with Crippen LogP contribution in [-0.2, 0) is 16.0 Å². The molecule has 146 valence electrons. The van der Waals surface area contributed by atoms with Crippen LogP contribution in [0.4, 0.5) is 4.79 Å². The predicted molar refractivity (Wildman–Crippen MR) is 104 cm³/mol. The van der Waals surface area contributed by atoms with E-state index in [9.17, 15) is 14.7 Å². The minimum absolute atomic E-state index is 0.172. The lowest BCUT2D eigenvalue weighted by Gasteiger charge is -2.04. The topological polar surface area (TPSA) is 82.1 Å². The minimum Gasteiger partial charge on any atom is -0.504 e. The number of benzene rings is 2. The number of rotatable bonds is 4. The monoisotopic (exact) mass is 374 g/mol. The first-order chi connectivity index (χ1) is 13.0. The maximum absolute atomic E-state index is 10.8. The van der Waals surface area contributed by atoms with Crippen molar-refractivity contribution in [3.05, 3.63) is 66.7 Å². The van der Waals surface area contributed by atoms with Gasteiger partial charge < -0.3 is 19.3 Å². The molecule has 0 amide bonds. The maximum Gasteiger partial charge on any atom is 0.521 e. The van der Waals surface area contributed by atoms with Gasteiger partial charge in [-0.15, -0.1) is 6.58 Å². The molecule has 0 atom stereocenters. The summed E-state index contributed by atoms with van der Waals surface area (Å²) < 4.78 is 13.7. The molecule has 0 aromatic heterocycles. The fourth-order valence-electron chi connectivity index (χ4n) is 1.74. The summed E-state index contributed by atoms with van der Waals surface area (Å²) in [5.41, 5.74) is 1.08. The molecule has 0 saturated carbocycles. The van der Waals surface area contributed by atoms with Crippen molar-refractivity contribution in [1.29, 1.82) is 0 Å². The summed E-state index contributed by atoms with van der Waals surface area (Å²) in [6.45, 7) is 8.76. The maximum atomic E-state index is 10.8. The van der Waals surface area contributed by atoms with E-state index in [1.54, 1.807) is 42.5 Å². The molecule has 2 rings (SSSR count). The zero-order chi connectivity index (χ0) is 20.7. The van der Waals surface area contributed by atoms with Gasteiger partial charge in [0, 0.05) is 6.92 Å². The van der Waals surface area contributed by atoms with E-state index in [2.05, 4.69) is 16.1 Å². The fraction of sp³-hybridized carbons (Fsp3) is 0.238. The minimum atomic E-state index is -1.02. The van der Waals surface area contributed by atoms with E-state index in [1.807, 2.05) is 26.0 Å². The van der Waals surface area contributed by atoms with Crippen molar-refractivity contribution in [3.8, 4) is 17.2 Å². The number of methoxy groups -OCH3 is 1. The van der Waals surface area contributed by atoms with Gasteiger partial charge in [-0.2, -0.15) is 0 Å². The van der Waals surface area contributed by atoms with Gasteiger partial charge >= 0.3 is 12.1 Å². The number of hydrogen-bond acceptors (Lipinski definition) is 6. The van der Waals surface area contributed by atoms with Gasteiger partial charge in [-0.25, -0.2) is 4.79 Å². The Bertz CT molecular complexity index is 710. The SMILES string of the molecule is C=CCc1ccc(O)c(OC)c1.CC.CC(=O)OC(=O)Oc1ccccc1. The lowest BCUT2D eigenvalue weighted by Crippen LogP contribution is -2.13. The van der Waals surface area contributed by atoms with E-state index in [0.29, 0.717) is 11.5 Å². The lowest BCUT2D eigenvalue weighted by atomic mass is 10.1. The molecule has 0 spiro atoms. The van der Waals surface area contributed by atoms with Crippen LogP contribution in [0, 0.1) is 0 Å². The number of carbonyl (C=O) groups is 2. The van der Waals surface area contributed by atoms with Crippen LogP contribution in [-0.4, -0.2) is 24.3 Å². The average molecular weight is 374 g/mol. The largest absolute Gasteiger partial charge is 0.521 e. The number of hydrogen-bond donors (Lipinski definition) is 1. The van der Waals surface area contributed by atoms with Crippen molar-refractivity contribution in [1.82, 2.24) is 0 Å². The van der Waals surface area contributed by atoms with E-state index in [-0.39, 0.29) is 5.75 Å². The smallest absolute Gasteiger partial charge is 0.504 e. The number of phenolic OH excluding ortho intramolecular Hbond substituents is 1. The molecule has 0 fully saturated rings. The van der Waals surface area contributed by atoms with Crippen LogP contribution in [0.25, 0.3) is 0 Å². The van der Waals surface area contributed by atoms with Crippen molar-refractivity contribution in [2.45, 2.75) is 27.2 Å². The molecule has 6 nitrogen and oxygen atoms in total. The summed E-state index contributed by atoms with van der Waals surface area (Å²) in [5, 5.41) is 9.25. The van der Waals surface area contributed by atoms with E-state index in [4.69, 9.17) is 4.74 Å². The van der Waals surface area contributed by atoms with E-state index >= 15 is 0 Å². The van der Waals surface area contributed by atoms with Gasteiger partial charge in [-0.3, -0.25) is 4.79 Å². The average Bonchev–Trinajstić information content (AvgIpc) is 2.66. The fourth-order valence-corrected chi connectivity index (χ4v) is 1.74. The van der Waals surface area contributed by atoms with Gasteiger partial charge in [0.2, 0.25) is 0 Å². The summed E-state index contributed by atoms with van der Waals surface area (Å²) in [6, 6.07) is 13.6. The molecule has 0 aliphatic rings. The van der Waals surface area contributed by atoms with Gasteiger partial charge in [-0.1, -0.05) is 44.2 Å². The van der Waals surface area contributed by atoms with E-state index < -0.39 is 12.1 Å². The van der Waals surface area contributed by atoms with Crippen molar-refractivity contribution in [2.75, 3.05) is 7.11 Å². The third-order valence-corrected chi connectivity index (χ3v) is 2.80. The van der Waals surface area contributed by atoms with E-state index in [0.717, 1.165) is 18.9 Å². The van der Waals surface area contributed by atoms with Gasteiger partial charge in [0.05, 0.1) is 7.11 Å². The molecule has 0 aliphatic heterocycles. The Morgan fingerprint density at radius 3 is 2.26 bits per heavy atom. The van der Waals surface area contributed by atoms with Crippen molar-refractivity contribution < 1.29 is 28.9 Å². The Balaban J connectivity index is 0.000000460. The number of ether oxygens (including phenoxy) is 3. The highest BCUT2D eigenvalue weighted by Crippen LogP contribution is 2.26. The molecular formula is C21H26O6. The van der Waals surface area contributed by atoms with Crippen LogP contribution in [0.1, 0.15) is 26.3 Å². The van der Waals surface area contributed by atoms with Crippen LogP contribution < -0.4 is 9.47 Å². The third-order valence-electron chi connectivity index (χ3n) is 2.80. The molecule has 0 unspecified atom stereocenters. The summed E-state index contributed by atoms with van der Waals surface area (Å²) in [4.78, 5) is 21.1.